The Balaban J connectivity index is 1.29. The summed E-state index contributed by atoms with van der Waals surface area (Å²) in [4.78, 5) is 26.1. The molecule has 0 aliphatic heterocycles. The first-order valence-electron chi connectivity index (χ1n) is 10.7. The fraction of sp³-hybridized carbons (Fsp3) is 0.652. The van der Waals surface area contributed by atoms with Crippen molar-refractivity contribution in [1.29, 1.82) is 0 Å². The van der Waals surface area contributed by atoms with E-state index >= 15 is 0 Å². The van der Waals surface area contributed by atoms with Crippen molar-refractivity contribution in [3.05, 3.63) is 29.8 Å². The van der Waals surface area contributed by atoms with Crippen LogP contribution in [0.25, 0.3) is 0 Å². The first kappa shape index (κ1) is 19.3. The molecule has 5 nitrogen and oxygen atoms in total. The molecule has 4 fully saturated rings. The number of hydrogen-bond donors (Lipinski definition) is 2. The smallest absolute Gasteiger partial charge is 0.253 e. The van der Waals surface area contributed by atoms with Crippen LogP contribution in [0, 0.1) is 23.2 Å². The second kappa shape index (κ2) is 7.41. The molecule has 1 aromatic rings. The Kier molecular flexibility index (Phi) is 5.11. The summed E-state index contributed by atoms with van der Waals surface area (Å²) in [5.41, 5.74) is 1.84. The number of anilines is 1. The van der Waals surface area contributed by atoms with Gasteiger partial charge in [-0.05, 0) is 92.9 Å². The summed E-state index contributed by atoms with van der Waals surface area (Å²) in [5, 5.41) is 6.47. The van der Waals surface area contributed by atoms with Crippen molar-refractivity contribution >= 4 is 17.5 Å². The quantitative estimate of drug-likeness (QED) is 0.790. The normalized spacial score (nSPS) is 31.3. The highest BCUT2D eigenvalue weighted by atomic mass is 16.2. The Hall–Kier alpha value is -2.04. The van der Waals surface area contributed by atoms with Crippen molar-refractivity contribution < 1.29 is 9.59 Å². The van der Waals surface area contributed by atoms with Crippen LogP contribution in [0.2, 0.25) is 0 Å². The topological polar surface area (TPSA) is 61.4 Å². The van der Waals surface area contributed by atoms with Crippen molar-refractivity contribution in [3.8, 4) is 0 Å². The molecule has 0 unspecified atom stereocenters. The van der Waals surface area contributed by atoms with E-state index in [0.717, 1.165) is 23.4 Å². The summed E-state index contributed by atoms with van der Waals surface area (Å²) >= 11 is 0. The Labute approximate surface area is 168 Å². The standard InChI is InChI=1S/C23H33N3O2/c1-15(23-11-16-8-17(12-23)10-18(9-16)13-23)25-21(27)14-24-20-6-4-19(5-7-20)22(28)26(2)3/h4-7,15-18,24H,8-14H2,1-3H3,(H,25,27)/t15-,16?,17?,18?,23?/m1/s1. The van der Waals surface area contributed by atoms with Gasteiger partial charge >= 0.3 is 0 Å². The van der Waals surface area contributed by atoms with Crippen molar-refractivity contribution in [2.45, 2.75) is 51.5 Å². The van der Waals surface area contributed by atoms with Crippen molar-refractivity contribution in [3.63, 3.8) is 0 Å². The summed E-state index contributed by atoms with van der Waals surface area (Å²) in [6.07, 6.45) is 8.18. The Morgan fingerprint density at radius 1 is 1.04 bits per heavy atom. The minimum atomic E-state index is -0.0197. The van der Waals surface area contributed by atoms with E-state index in [1.165, 1.54) is 38.5 Å². The fourth-order valence-electron chi connectivity index (χ4n) is 6.32. The van der Waals surface area contributed by atoms with Crippen LogP contribution in [0.4, 0.5) is 5.69 Å². The zero-order chi connectivity index (χ0) is 19.9. The zero-order valence-electron chi connectivity index (χ0n) is 17.3. The maximum absolute atomic E-state index is 12.5. The lowest BCUT2D eigenvalue weighted by Gasteiger charge is -2.59. The first-order valence-corrected chi connectivity index (χ1v) is 10.7. The predicted molar refractivity (Wildman–Crippen MR) is 111 cm³/mol. The molecule has 2 N–H and O–H groups in total. The number of nitrogens with zero attached hydrogens (tertiary/aromatic N) is 1. The highest BCUT2D eigenvalue weighted by Crippen LogP contribution is 2.61. The third-order valence-electron chi connectivity index (χ3n) is 7.37. The highest BCUT2D eigenvalue weighted by Gasteiger charge is 2.53. The molecule has 152 valence electrons. The molecule has 0 aromatic heterocycles. The molecule has 0 radical (unpaired) electrons. The van der Waals surface area contributed by atoms with Gasteiger partial charge in [0.2, 0.25) is 5.91 Å². The molecule has 1 aromatic carbocycles. The Morgan fingerprint density at radius 3 is 2.07 bits per heavy atom. The van der Waals surface area contributed by atoms with E-state index in [1.807, 2.05) is 12.1 Å². The largest absolute Gasteiger partial charge is 0.376 e. The molecule has 5 heteroatoms. The summed E-state index contributed by atoms with van der Waals surface area (Å²) in [7, 11) is 3.48. The van der Waals surface area contributed by atoms with Gasteiger partial charge in [-0.25, -0.2) is 0 Å². The molecule has 5 rings (SSSR count). The average Bonchev–Trinajstić information content (AvgIpc) is 2.65. The van der Waals surface area contributed by atoms with Gasteiger partial charge in [0.1, 0.15) is 0 Å². The fourth-order valence-corrected chi connectivity index (χ4v) is 6.32. The van der Waals surface area contributed by atoms with Gasteiger partial charge in [0.05, 0.1) is 6.54 Å². The molecule has 0 spiro atoms. The molecule has 0 heterocycles. The van der Waals surface area contributed by atoms with E-state index in [2.05, 4.69) is 17.6 Å². The average molecular weight is 384 g/mol. The third-order valence-corrected chi connectivity index (χ3v) is 7.37. The number of benzene rings is 1. The monoisotopic (exact) mass is 383 g/mol. The number of nitrogens with one attached hydrogen (secondary N) is 2. The van der Waals surface area contributed by atoms with Crippen molar-refractivity contribution in [2.24, 2.45) is 23.2 Å². The summed E-state index contributed by atoms with van der Waals surface area (Å²) < 4.78 is 0. The number of amides is 2. The maximum atomic E-state index is 12.5. The van der Waals surface area contributed by atoms with Gasteiger partial charge in [-0.2, -0.15) is 0 Å². The van der Waals surface area contributed by atoms with Crippen LogP contribution in [-0.4, -0.2) is 43.4 Å². The van der Waals surface area contributed by atoms with Crippen LogP contribution in [0.5, 0.6) is 0 Å². The van der Waals surface area contributed by atoms with Gasteiger partial charge in [-0.1, -0.05) is 0 Å². The molecule has 4 bridgehead atoms. The molecular formula is C23H33N3O2. The number of carbonyl (C=O) groups is 2. The molecule has 1 atom stereocenters. The number of carbonyl (C=O) groups excluding carboxylic acids is 2. The minimum absolute atomic E-state index is 0.0197. The SMILES string of the molecule is C[C@@H](NC(=O)CNc1ccc(C(=O)N(C)C)cc1)C12CC3CC(CC(C3)C1)C2. The van der Waals surface area contributed by atoms with E-state index in [1.54, 1.807) is 31.1 Å². The van der Waals surface area contributed by atoms with Gasteiger partial charge in [0.15, 0.2) is 0 Å². The Bertz CT molecular complexity index is 705. The van der Waals surface area contributed by atoms with Crippen LogP contribution in [0.15, 0.2) is 24.3 Å². The molecule has 4 aliphatic carbocycles. The van der Waals surface area contributed by atoms with E-state index in [-0.39, 0.29) is 24.4 Å². The van der Waals surface area contributed by atoms with Gasteiger partial charge in [0, 0.05) is 31.4 Å². The van der Waals surface area contributed by atoms with Crippen LogP contribution in [-0.2, 0) is 4.79 Å². The van der Waals surface area contributed by atoms with Crippen LogP contribution in [0.1, 0.15) is 55.8 Å². The lowest BCUT2D eigenvalue weighted by Crippen LogP contribution is -2.56. The molecule has 2 amide bonds. The molecule has 4 aliphatic rings. The van der Waals surface area contributed by atoms with Crippen molar-refractivity contribution in [1.82, 2.24) is 10.2 Å². The molecule has 0 saturated heterocycles. The Morgan fingerprint density at radius 2 is 1.57 bits per heavy atom. The van der Waals surface area contributed by atoms with Crippen LogP contribution < -0.4 is 10.6 Å². The summed E-state index contributed by atoms with van der Waals surface area (Å²) in [6.45, 7) is 2.48. The van der Waals surface area contributed by atoms with Gasteiger partial charge in [0.25, 0.3) is 5.91 Å². The van der Waals surface area contributed by atoms with E-state index in [9.17, 15) is 9.59 Å². The summed E-state index contributed by atoms with van der Waals surface area (Å²) in [5.74, 6) is 2.72. The lowest BCUT2D eigenvalue weighted by atomic mass is 9.48. The highest BCUT2D eigenvalue weighted by molar-refractivity contribution is 5.94. The predicted octanol–water partition coefficient (Wildman–Crippen LogP) is 3.52. The molecule has 28 heavy (non-hydrogen) atoms. The van der Waals surface area contributed by atoms with E-state index in [0.29, 0.717) is 11.0 Å². The second-order valence-electron chi connectivity index (χ2n) is 9.70. The van der Waals surface area contributed by atoms with Gasteiger partial charge in [-0.3, -0.25) is 9.59 Å². The molecular weight excluding hydrogens is 350 g/mol. The maximum Gasteiger partial charge on any atom is 0.253 e. The number of hydrogen-bond acceptors (Lipinski definition) is 3. The number of rotatable bonds is 6. The van der Waals surface area contributed by atoms with Gasteiger partial charge in [-0.15, -0.1) is 0 Å². The van der Waals surface area contributed by atoms with E-state index in [4.69, 9.17) is 0 Å². The zero-order valence-corrected chi connectivity index (χ0v) is 17.3. The van der Waals surface area contributed by atoms with Crippen molar-refractivity contribution in [2.75, 3.05) is 26.0 Å². The van der Waals surface area contributed by atoms with Crippen LogP contribution >= 0.6 is 0 Å². The second-order valence-corrected chi connectivity index (χ2v) is 9.70. The van der Waals surface area contributed by atoms with E-state index < -0.39 is 0 Å². The minimum Gasteiger partial charge on any atom is -0.376 e. The first-order chi connectivity index (χ1) is 13.3. The summed E-state index contributed by atoms with van der Waals surface area (Å²) in [6, 6.07) is 7.54. The lowest BCUT2D eigenvalue weighted by molar-refractivity contribution is -0.124. The third kappa shape index (κ3) is 3.76. The molecule has 4 saturated carbocycles. The van der Waals surface area contributed by atoms with Gasteiger partial charge < -0.3 is 15.5 Å². The van der Waals surface area contributed by atoms with Crippen LogP contribution in [0.3, 0.4) is 0 Å².